The van der Waals surface area contributed by atoms with Crippen molar-refractivity contribution in [2.24, 2.45) is 0 Å². The molecule has 0 saturated carbocycles. The second-order valence-corrected chi connectivity index (χ2v) is 2.70. The van der Waals surface area contributed by atoms with Crippen molar-refractivity contribution in [3.05, 3.63) is 41.9 Å². The van der Waals surface area contributed by atoms with Gasteiger partial charge in [-0.05, 0) is 11.5 Å². The van der Waals surface area contributed by atoms with Crippen molar-refractivity contribution in [3.63, 3.8) is 0 Å². The summed E-state index contributed by atoms with van der Waals surface area (Å²) in [6, 6.07) is 9.11. The Morgan fingerprint density at radius 1 is 1.25 bits per heavy atom. The molecule has 0 fully saturated rings. The van der Waals surface area contributed by atoms with Gasteiger partial charge in [0.15, 0.2) is 0 Å². The molecule has 0 bridgehead atoms. The maximum absolute atomic E-state index is 8.58. The van der Waals surface area contributed by atoms with E-state index in [1.165, 1.54) is 0 Å². The van der Waals surface area contributed by atoms with Gasteiger partial charge in [-0.3, -0.25) is 0 Å². The Bertz CT molecular complexity index is 272. The molecule has 0 spiro atoms. The minimum atomic E-state index is -1.50. The zero-order valence-electron chi connectivity index (χ0n) is 6.31. The van der Waals surface area contributed by atoms with E-state index in [1.54, 1.807) is 12.1 Å². The molecule has 0 aromatic heterocycles. The molecule has 0 aliphatic heterocycles. The Morgan fingerprint density at radius 2 is 1.83 bits per heavy atom. The summed E-state index contributed by atoms with van der Waals surface area (Å²) in [4.78, 5) is 0. The Balaban J connectivity index is 2.85. The third-order valence-corrected chi connectivity index (χ3v) is 1.69. The summed E-state index contributed by atoms with van der Waals surface area (Å²) in [6.07, 6.45) is 0. The first-order valence-electron chi connectivity index (χ1n) is 3.49. The van der Waals surface area contributed by atoms with Crippen LogP contribution in [0.1, 0.15) is 5.56 Å². The maximum atomic E-state index is 8.58. The fraction of sp³-hybridized carbons (Fsp3) is 0. The molecule has 2 nitrogen and oxygen atoms in total. The van der Waals surface area contributed by atoms with Crippen LogP contribution < -0.4 is 0 Å². The third-order valence-electron chi connectivity index (χ3n) is 1.34. The summed E-state index contributed by atoms with van der Waals surface area (Å²) < 4.78 is 0. The molecule has 1 aromatic rings. The van der Waals surface area contributed by atoms with Crippen LogP contribution in [0.5, 0.6) is 0 Å². The molecule has 2 N–H and O–H groups in total. The summed E-state index contributed by atoms with van der Waals surface area (Å²) in [5, 5.41) is 17.5. The van der Waals surface area contributed by atoms with E-state index in [-0.39, 0.29) is 0 Å². The highest BCUT2D eigenvalue weighted by Gasteiger charge is 2.04. The molecule has 4 heteroatoms. The highest BCUT2D eigenvalue weighted by molar-refractivity contribution is 6.58. The summed E-state index contributed by atoms with van der Waals surface area (Å²) >= 11 is 5.74. The van der Waals surface area contributed by atoms with Crippen LogP contribution in [0.25, 0.3) is 5.03 Å². The van der Waals surface area contributed by atoms with Crippen molar-refractivity contribution in [1.29, 1.82) is 0 Å². The largest absolute Gasteiger partial charge is 0.482 e. The van der Waals surface area contributed by atoms with Crippen molar-refractivity contribution in [1.82, 2.24) is 0 Å². The second-order valence-electron chi connectivity index (χ2n) is 2.29. The van der Waals surface area contributed by atoms with Gasteiger partial charge in [-0.2, -0.15) is 0 Å². The lowest BCUT2D eigenvalue weighted by molar-refractivity contribution is 0.424. The summed E-state index contributed by atoms with van der Waals surface area (Å²) in [5.74, 6) is 1.16. The lowest BCUT2D eigenvalue weighted by atomic mass is 9.90. The zero-order valence-corrected chi connectivity index (χ0v) is 7.07. The standard InChI is InChI=1S/C8H8BClO2/c10-8(6-9(11)12)7-4-2-1-3-5-7/h1-6,11-12H/b8-6+. The molecule has 0 saturated heterocycles. The molecule has 0 unspecified atom stereocenters. The molecule has 0 aliphatic carbocycles. The van der Waals surface area contributed by atoms with E-state index in [2.05, 4.69) is 0 Å². The molecular formula is C8H8BClO2. The quantitative estimate of drug-likeness (QED) is 0.677. The Morgan fingerprint density at radius 3 is 2.33 bits per heavy atom. The zero-order chi connectivity index (χ0) is 8.97. The van der Waals surface area contributed by atoms with Crippen molar-refractivity contribution in [3.8, 4) is 0 Å². The van der Waals surface area contributed by atoms with Crippen LogP contribution in [-0.2, 0) is 0 Å². The molecule has 0 amide bonds. The number of rotatable bonds is 2. The molecule has 0 radical (unpaired) electrons. The monoisotopic (exact) mass is 182 g/mol. The fourth-order valence-corrected chi connectivity index (χ4v) is 1.06. The average Bonchev–Trinajstić information content (AvgIpc) is 2.05. The smallest absolute Gasteiger partial charge is 0.424 e. The summed E-state index contributed by atoms with van der Waals surface area (Å²) in [5.41, 5.74) is 0.771. The van der Waals surface area contributed by atoms with Crippen molar-refractivity contribution in [2.75, 3.05) is 0 Å². The van der Waals surface area contributed by atoms with Gasteiger partial charge >= 0.3 is 7.12 Å². The summed E-state index contributed by atoms with van der Waals surface area (Å²) in [6.45, 7) is 0. The van der Waals surface area contributed by atoms with Gasteiger partial charge in [-0.25, -0.2) is 0 Å². The molecule has 62 valence electrons. The number of halogens is 1. The number of benzene rings is 1. The van der Waals surface area contributed by atoms with Gasteiger partial charge in [-0.15, -0.1) is 0 Å². The van der Waals surface area contributed by atoms with Crippen molar-refractivity contribution in [2.45, 2.75) is 0 Å². The summed E-state index contributed by atoms with van der Waals surface area (Å²) in [7, 11) is -1.50. The van der Waals surface area contributed by atoms with Crippen LogP contribution in [0, 0.1) is 0 Å². The molecule has 0 aliphatic rings. The molecular weight excluding hydrogens is 174 g/mol. The highest BCUT2D eigenvalue weighted by atomic mass is 35.5. The lowest BCUT2D eigenvalue weighted by Gasteiger charge is -1.97. The molecule has 12 heavy (non-hydrogen) atoms. The van der Waals surface area contributed by atoms with Crippen LogP contribution in [0.2, 0.25) is 0 Å². The van der Waals surface area contributed by atoms with Gasteiger partial charge < -0.3 is 10.0 Å². The van der Waals surface area contributed by atoms with Gasteiger partial charge in [0.05, 0.1) is 0 Å². The predicted molar refractivity (Wildman–Crippen MR) is 50.5 cm³/mol. The first kappa shape index (κ1) is 9.32. The van der Waals surface area contributed by atoms with E-state index in [0.717, 1.165) is 11.5 Å². The van der Waals surface area contributed by atoms with Crippen molar-refractivity contribution >= 4 is 23.8 Å². The van der Waals surface area contributed by atoms with E-state index in [4.69, 9.17) is 21.6 Å². The van der Waals surface area contributed by atoms with Gasteiger partial charge in [0, 0.05) is 5.03 Å². The van der Waals surface area contributed by atoms with E-state index in [1.807, 2.05) is 18.2 Å². The van der Waals surface area contributed by atoms with Crippen LogP contribution in [0.4, 0.5) is 0 Å². The van der Waals surface area contributed by atoms with Crippen LogP contribution >= 0.6 is 11.6 Å². The fourth-order valence-electron chi connectivity index (χ4n) is 0.824. The molecule has 0 heterocycles. The third kappa shape index (κ3) is 2.70. The average molecular weight is 182 g/mol. The molecule has 0 atom stereocenters. The minimum Gasteiger partial charge on any atom is -0.424 e. The first-order chi connectivity index (χ1) is 5.70. The first-order valence-corrected chi connectivity index (χ1v) is 3.87. The van der Waals surface area contributed by atoms with Gasteiger partial charge in [0.2, 0.25) is 0 Å². The minimum absolute atomic E-state index is 0.339. The van der Waals surface area contributed by atoms with Crippen LogP contribution in [0.15, 0.2) is 36.3 Å². The molecule has 1 rings (SSSR count). The Labute approximate surface area is 76.3 Å². The second kappa shape index (κ2) is 4.31. The van der Waals surface area contributed by atoms with E-state index >= 15 is 0 Å². The predicted octanol–water partition coefficient (Wildman–Crippen LogP) is 1.28. The van der Waals surface area contributed by atoms with Crippen LogP contribution in [-0.4, -0.2) is 17.2 Å². The topological polar surface area (TPSA) is 40.5 Å². The van der Waals surface area contributed by atoms with Gasteiger partial charge in [0.1, 0.15) is 0 Å². The SMILES string of the molecule is OB(O)/C=C(/Cl)c1ccccc1. The van der Waals surface area contributed by atoms with E-state index in [9.17, 15) is 0 Å². The Kier molecular flexibility index (Phi) is 3.35. The number of hydrogen-bond acceptors (Lipinski definition) is 2. The maximum Gasteiger partial charge on any atom is 0.482 e. The highest BCUT2D eigenvalue weighted by Crippen LogP contribution is 2.17. The number of hydrogen-bond donors (Lipinski definition) is 2. The van der Waals surface area contributed by atoms with E-state index in [0.29, 0.717) is 5.03 Å². The van der Waals surface area contributed by atoms with Crippen molar-refractivity contribution < 1.29 is 10.0 Å². The van der Waals surface area contributed by atoms with E-state index < -0.39 is 7.12 Å². The van der Waals surface area contributed by atoms with Crippen LogP contribution in [0.3, 0.4) is 0 Å². The Hall–Kier alpha value is -0.765. The normalized spacial score (nSPS) is 11.4. The molecule has 1 aromatic carbocycles. The van der Waals surface area contributed by atoms with Gasteiger partial charge in [-0.1, -0.05) is 41.9 Å². The lowest BCUT2D eigenvalue weighted by Crippen LogP contribution is -2.06. The van der Waals surface area contributed by atoms with Gasteiger partial charge in [0.25, 0.3) is 0 Å².